The first-order valence-corrected chi connectivity index (χ1v) is 8.55. The maximum absolute atomic E-state index is 12.5. The normalized spacial score (nSPS) is 14.8. The van der Waals surface area contributed by atoms with Crippen LogP contribution in [0, 0.1) is 0 Å². The minimum Gasteiger partial charge on any atom is -0.469 e. The number of hydrogen-bond acceptors (Lipinski definition) is 5. The molecule has 1 aromatic carbocycles. The third-order valence-electron chi connectivity index (χ3n) is 3.37. The number of carbonyl (C=O) groups excluding carboxylic acids is 1. The number of nitrogens with one attached hydrogen (secondary N) is 1. The van der Waals surface area contributed by atoms with Crippen molar-refractivity contribution in [2.75, 3.05) is 35.6 Å². The third kappa shape index (κ3) is 3.87. The van der Waals surface area contributed by atoms with Crippen molar-refractivity contribution < 1.29 is 17.9 Å². The van der Waals surface area contributed by atoms with Crippen molar-refractivity contribution in [3.63, 3.8) is 0 Å². The zero-order valence-electron chi connectivity index (χ0n) is 12.0. The van der Waals surface area contributed by atoms with Crippen molar-refractivity contribution in [1.29, 1.82) is 0 Å². The Morgan fingerprint density at radius 2 is 2.14 bits per heavy atom. The summed E-state index contributed by atoms with van der Waals surface area (Å²) in [6, 6.07) is 7.37. The highest BCUT2D eigenvalue weighted by Gasteiger charge is 2.25. The number of fused-ring (bicyclic) bond motifs is 1. The number of rotatable bonds is 5. The zero-order valence-corrected chi connectivity index (χ0v) is 12.9. The molecule has 0 radical (unpaired) electrons. The number of methoxy groups -OCH3 is 1. The third-order valence-corrected chi connectivity index (χ3v) is 5.23. The van der Waals surface area contributed by atoms with Crippen LogP contribution >= 0.6 is 0 Å². The molecule has 116 valence electrons. The predicted molar refractivity (Wildman–Crippen MR) is 81.9 cm³/mol. The lowest BCUT2D eigenvalue weighted by Gasteiger charge is -2.23. The van der Waals surface area contributed by atoms with E-state index < -0.39 is 10.0 Å². The maximum atomic E-state index is 12.5. The second-order valence-corrected chi connectivity index (χ2v) is 6.88. The maximum Gasteiger partial charge on any atom is 0.305 e. The van der Waals surface area contributed by atoms with Gasteiger partial charge in [-0.05, 0) is 25.0 Å². The van der Waals surface area contributed by atoms with E-state index in [0.717, 1.165) is 18.7 Å². The van der Waals surface area contributed by atoms with Gasteiger partial charge in [-0.3, -0.25) is 9.10 Å². The van der Waals surface area contributed by atoms with Gasteiger partial charge in [0.05, 0.1) is 24.2 Å². The van der Waals surface area contributed by atoms with Gasteiger partial charge >= 0.3 is 5.97 Å². The van der Waals surface area contributed by atoms with Crippen LogP contribution in [0.1, 0.15) is 19.3 Å². The SMILES string of the molecule is COC(=O)CCCS(=O)(=O)N1CCCNc2ccccc21. The molecule has 6 nitrogen and oxygen atoms in total. The van der Waals surface area contributed by atoms with Crippen molar-refractivity contribution in [3.8, 4) is 0 Å². The van der Waals surface area contributed by atoms with Crippen molar-refractivity contribution in [1.82, 2.24) is 0 Å². The first kappa shape index (κ1) is 15.6. The van der Waals surface area contributed by atoms with Gasteiger partial charge in [0.25, 0.3) is 0 Å². The molecule has 0 aromatic heterocycles. The number of carbonyl (C=O) groups is 1. The van der Waals surface area contributed by atoms with Crippen LogP contribution in [0.25, 0.3) is 0 Å². The Bertz CT molecular complexity index is 601. The van der Waals surface area contributed by atoms with Crippen molar-refractivity contribution in [3.05, 3.63) is 24.3 Å². The van der Waals surface area contributed by atoms with E-state index in [0.29, 0.717) is 12.2 Å². The summed E-state index contributed by atoms with van der Waals surface area (Å²) >= 11 is 0. The summed E-state index contributed by atoms with van der Waals surface area (Å²) in [7, 11) is -2.14. The monoisotopic (exact) mass is 312 g/mol. The fraction of sp³-hybridized carbons (Fsp3) is 0.500. The van der Waals surface area contributed by atoms with E-state index in [1.54, 1.807) is 6.07 Å². The number of anilines is 2. The van der Waals surface area contributed by atoms with Gasteiger partial charge in [-0.15, -0.1) is 0 Å². The molecule has 0 bridgehead atoms. The van der Waals surface area contributed by atoms with Gasteiger partial charge in [0.1, 0.15) is 0 Å². The minimum absolute atomic E-state index is 0.0591. The van der Waals surface area contributed by atoms with E-state index in [-0.39, 0.29) is 24.6 Å². The van der Waals surface area contributed by atoms with Crippen molar-refractivity contribution in [2.45, 2.75) is 19.3 Å². The first-order chi connectivity index (χ1) is 10.0. The molecule has 1 aliphatic heterocycles. The van der Waals surface area contributed by atoms with E-state index in [2.05, 4.69) is 10.1 Å². The number of esters is 1. The van der Waals surface area contributed by atoms with Crippen LogP contribution in [0.4, 0.5) is 11.4 Å². The zero-order chi connectivity index (χ0) is 15.3. The lowest BCUT2D eigenvalue weighted by atomic mass is 10.2. The first-order valence-electron chi connectivity index (χ1n) is 6.95. The average molecular weight is 312 g/mol. The highest BCUT2D eigenvalue weighted by Crippen LogP contribution is 2.30. The number of sulfonamides is 1. The molecule has 0 saturated heterocycles. The van der Waals surface area contributed by atoms with Crippen LogP contribution < -0.4 is 9.62 Å². The molecule has 0 spiro atoms. The predicted octanol–water partition coefficient (Wildman–Crippen LogP) is 1.59. The standard InChI is InChI=1S/C14H20N2O4S/c1-20-14(17)8-4-11-21(18,19)16-10-5-9-15-12-6-2-3-7-13(12)16/h2-3,6-7,15H,4-5,8-11H2,1H3. The molecule has 0 saturated carbocycles. The van der Waals surface area contributed by atoms with Crippen LogP contribution in [0.5, 0.6) is 0 Å². The molecule has 1 aromatic rings. The molecule has 0 atom stereocenters. The second kappa shape index (κ2) is 6.80. The van der Waals surface area contributed by atoms with Gasteiger partial charge in [-0.2, -0.15) is 0 Å². The molecule has 7 heteroatoms. The highest BCUT2D eigenvalue weighted by atomic mass is 32.2. The highest BCUT2D eigenvalue weighted by molar-refractivity contribution is 7.92. The fourth-order valence-corrected chi connectivity index (χ4v) is 3.90. The number of para-hydroxylation sites is 2. The van der Waals surface area contributed by atoms with Gasteiger partial charge in [-0.1, -0.05) is 12.1 Å². The molecule has 0 fully saturated rings. The molecule has 0 amide bonds. The fourth-order valence-electron chi connectivity index (χ4n) is 2.31. The van der Waals surface area contributed by atoms with Gasteiger partial charge in [0.15, 0.2) is 0 Å². The largest absolute Gasteiger partial charge is 0.469 e. The van der Waals surface area contributed by atoms with E-state index in [1.165, 1.54) is 11.4 Å². The number of nitrogens with zero attached hydrogens (tertiary/aromatic N) is 1. The Hall–Kier alpha value is -1.76. The van der Waals surface area contributed by atoms with Crippen LogP contribution in [-0.4, -0.2) is 40.3 Å². The second-order valence-electron chi connectivity index (χ2n) is 4.87. The van der Waals surface area contributed by atoms with E-state index in [4.69, 9.17) is 0 Å². The van der Waals surface area contributed by atoms with Gasteiger partial charge < -0.3 is 10.1 Å². The molecular weight excluding hydrogens is 292 g/mol. The molecule has 1 heterocycles. The molecule has 0 unspecified atom stereocenters. The Morgan fingerprint density at radius 3 is 2.90 bits per heavy atom. The molecule has 1 N–H and O–H groups in total. The summed E-state index contributed by atoms with van der Waals surface area (Å²) in [6.45, 7) is 1.19. The van der Waals surface area contributed by atoms with Crippen LogP contribution in [0.15, 0.2) is 24.3 Å². The summed E-state index contributed by atoms with van der Waals surface area (Å²) in [6.07, 6.45) is 1.12. The Kier molecular flexibility index (Phi) is 5.06. The Balaban J connectivity index is 2.14. The average Bonchev–Trinajstić information content (AvgIpc) is 2.69. The van der Waals surface area contributed by atoms with Crippen molar-refractivity contribution in [2.24, 2.45) is 0 Å². The van der Waals surface area contributed by atoms with E-state index in [1.807, 2.05) is 18.2 Å². The summed E-state index contributed by atoms with van der Waals surface area (Å²) in [5.41, 5.74) is 1.50. The Morgan fingerprint density at radius 1 is 1.38 bits per heavy atom. The molecule has 0 aliphatic carbocycles. The lowest BCUT2D eigenvalue weighted by Crippen LogP contribution is -2.33. The van der Waals surface area contributed by atoms with E-state index >= 15 is 0 Å². The summed E-state index contributed by atoms with van der Waals surface area (Å²) in [4.78, 5) is 11.1. The van der Waals surface area contributed by atoms with E-state index in [9.17, 15) is 13.2 Å². The number of benzene rings is 1. The topological polar surface area (TPSA) is 75.7 Å². The van der Waals surface area contributed by atoms with Gasteiger partial charge in [-0.25, -0.2) is 8.42 Å². The quantitative estimate of drug-likeness (QED) is 0.836. The Labute approximate surface area is 125 Å². The van der Waals surface area contributed by atoms with Crippen LogP contribution in [-0.2, 0) is 19.6 Å². The number of hydrogen-bond donors (Lipinski definition) is 1. The van der Waals surface area contributed by atoms with Crippen molar-refractivity contribution >= 4 is 27.4 Å². The number of ether oxygens (including phenoxy) is 1. The summed E-state index contributed by atoms with van der Waals surface area (Å²) in [5, 5.41) is 3.23. The lowest BCUT2D eigenvalue weighted by molar-refractivity contribution is -0.140. The van der Waals surface area contributed by atoms with Gasteiger partial charge in [0.2, 0.25) is 10.0 Å². The van der Waals surface area contributed by atoms with Crippen LogP contribution in [0.3, 0.4) is 0 Å². The molecule has 2 rings (SSSR count). The summed E-state index contributed by atoms with van der Waals surface area (Å²) < 4.78 is 31.0. The minimum atomic E-state index is -3.44. The van der Waals surface area contributed by atoms with Gasteiger partial charge in [0, 0.05) is 19.5 Å². The molecule has 21 heavy (non-hydrogen) atoms. The molecular formula is C14H20N2O4S. The summed E-state index contributed by atoms with van der Waals surface area (Å²) in [5.74, 6) is -0.445. The molecule has 1 aliphatic rings. The smallest absolute Gasteiger partial charge is 0.305 e. The van der Waals surface area contributed by atoms with Crippen LogP contribution in [0.2, 0.25) is 0 Å².